The second-order valence-electron chi connectivity index (χ2n) is 28.8. The van der Waals surface area contributed by atoms with Crippen LogP contribution in [-0.4, -0.2) is 181 Å². The van der Waals surface area contributed by atoms with Gasteiger partial charge in [0.1, 0.15) is 119 Å². The molecule has 12 unspecified atom stereocenters. The topological polar surface area (TPSA) is 648 Å². The van der Waals surface area contributed by atoms with Crippen molar-refractivity contribution in [2.45, 2.75) is 197 Å². The Morgan fingerprint density at radius 1 is 0.423 bits per heavy atom. The fraction of sp³-hybridized carbons (Fsp3) is 0.597. The Bertz CT molecular complexity index is 6060. The van der Waals surface area contributed by atoms with Gasteiger partial charge in [0.25, 0.3) is 22.2 Å². The van der Waals surface area contributed by atoms with Crippen LogP contribution in [0, 0.1) is 34.6 Å². The molecule has 24 atom stereocenters. The molecule has 49 nitrogen and oxygen atoms in total. The lowest BCUT2D eigenvalue weighted by Crippen LogP contribution is -2.34. The van der Waals surface area contributed by atoms with Gasteiger partial charge in [-0.2, -0.15) is 4.98 Å². The van der Waals surface area contributed by atoms with Gasteiger partial charge in [-0.1, -0.05) is 66.0 Å². The number of nitrogens with zero attached hydrogens (tertiary/aromatic N) is 10. The summed E-state index contributed by atoms with van der Waals surface area (Å²) < 4.78 is 127. The molecular formula is C62H78N16O33P6S6-6. The van der Waals surface area contributed by atoms with Gasteiger partial charge in [0.05, 0.1) is 82.1 Å². The van der Waals surface area contributed by atoms with E-state index in [1.165, 1.54) is 65.9 Å². The van der Waals surface area contributed by atoms with Crippen molar-refractivity contribution in [3.63, 3.8) is 0 Å². The van der Waals surface area contributed by atoms with E-state index in [1.807, 2.05) is 0 Å². The van der Waals surface area contributed by atoms with E-state index in [1.54, 1.807) is 11.5 Å². The van der Waals surface area contributed by atoms with Gasteiger partial charge in [-0.25, -0.2) is 38.9 Å². The number of aromatic nitrogens is 14. The van der Waals surface area contributed by atoms with E-state index in [0.717, 1.165) is 42.3 Å². The highest BCUT2D eigenvalue weighted by molar-refractivity contribution is 8.32. The van der Waals surface area contributed by atoms with Crippen molar-refractivity contribution < 1.29 is 112 Å². The lowest BCUT2D eigenvalue weighted by molar-refractivity contribution is -0.221. The maximum Gasteiger partial charge on any atom is 0.351 e. The lowest BCUT2D eigenvalue weighted by Gasteiger charge is -2.36. The highest BCUT2D eigenvalue weighted by Crippen LogP contribution is 2.56. The summed E-state index contributed by atoms with van der Waals surface area (Å²) in [5.74, 6) is -0.0132. The van der Waals surface area contributed by atoms with Gasteiger partial charge in [0.15, 0.2) is 18.3 Å². The van der Waals surface area contributed by atoms with Crippen LogP contribution in [0.4, 0.5) is 11.6 Å². The van der Waals surface area contributed by atoms with Gasteiger partial charge < -0.3 is 131 Å². The third-order valence-electron chi connectivity index (χ3n) is 20.3. The number of aromatic amines is 4. The number of nitrogens with one attached hydrogen (secondary N) is 4. The molecule has 8 N–H and O–H groups in total. The summed E-state index contributed by atoms with van der Waals surface area (Å²) in [6.07, 6.45) is -17.2. The maximum atomic E-state index is 14.8. The largest absolute Gasteiger partial charge is 0.780 e. The smallest absolute Gasteiger partial charge is 0.351 e. The van der Waals surface area contributed by atoms with Crippen LogP contribution in [-0.2, 0) is 159 Å². The molecule has 7 aromatic rings. The number of hydrogen-bond acceptors (Lipinski definition) is 45. The van der Waals surface area contributed by atoms with Crippen LogP contribution in [0.5, 0.6) is 0 Å². The monoisotopic (exact) mass is 1950 g/mol. The van der Waals surface area contributed by atoms with E-state index in [-0.39, 0.29) is 53.2 Å². The number of imidazole rings is 1. The first kappa shape index (κ1) is 95.2. The third kappa shape index (κ3) is 22.9. The normalized spacial score (nSPS) is 29.7. The first-order chi connectivity index (χ1) is 57.7. The Morgan fingerprint density at radius 2 is 0.715 bits per heavy atom. The number of nitrogens with two attached hydrogens (primary N) is 2. The van der Waals surface area contributed by atoms with Crippen LogP contribution in [0.3, 0.4) is 0 Å². The molecule has 123 heavy (non-hydrogen) atoms. The number of fused-ring (bicyclic) bond motifs is 1. The van der Waals surface area contributed by atoms with Crippen molar-refractivity contribution in [3.05, 3.63) is 165 Å². The molecule has 0 aromatic carbocycles. The van der Waals surface area contributed by atoms with Crippen LogP contribution in [0.15, 0.2) is 86.8 Å². The fourth-order valence-corrected chi connectivity index (χ4v) is 22.3. The minimum absolute atomic E-state index is 0.0112. The number of H-pyrrole nitrogens is 4. The number of hydrogen-bond donors (Lipinski definition) is 6. The van der Waals surface area contributed by atoms with Gasteiger partial charge in [0.2, 0.25) is 0 Å². The molecule has 13 heterocycles. The van der Waals surface area contributed by atoms with Crippen molar-refractivity contribution in [1.29, 1.82) is 0 Å². The molecule has 6 fully saturated rings. The summed E-state index contributed by atoms with van der Waals surface area (Å²) >= 11 is 32.1. The highest BCUT2D eigenvalue weighted by Gasteiger charge is 2.48. The molecule has 676 valence electrons. The molecule has 0 bridgehead atoms. The van der Waals surface area contributed by atoms with Crippen LogP contribution in [0.25, 0.3) is 11.2 Å². The molecule has 6 aliphatic rings. The average molecular weight is 1950 g/mol. The third-order valence-corrected chi connectivity index (χ3v) is 29.8. The number of anilines is 2. The zero-order chi connectivity index (χ0) is 89.1. The maximum absolute atomic E-state index is 14.8. The second kappa shape index (κ2) is 38.4. The number of rotatable bonds is 35. The summed E-state index contributed by atoms with van der Waals surface area (Å²) in [6, 6.07) is 0. The van der Waals surface area contributed by atoms with Crippen LogP contribution < -0.4 is 86.6 Å². The molecule has 0 amide bonds. The van der Waals surface area contributed by atoms with Crippen LogP contribution in [0.2, 0.25) is 0 Å². The second-order valence-corrected chi connectivity index (χ2v) is 45.1. The van der Waals surface area contributed by atoms with Gasteiger partial charge in [-0.3, -0.25) is 71.1 Å². The SMILES string of the molecule is CC[C@H]1O[C@@H](n2cnc3c(N)ncnc32)CC1OP([O-])(=S)OC[C@H]1O[C@@H](n2cc(C)c(=O)[nH]c2=O)CC1OP(=O)([S-])OC[C@H]1O[C@@H](n2cc(C)c(=O)[nH]c2=O)CC1OP([O-])(=S)OC[C@H]1O[C@@H](n2cc(C)c(=O)[nH]c2=O)CC1OP([O-])(=S)OC[C@H]1O[C@@H](n2cc(C)c(N)nc2=O)CC1OP([O-])(=S)OC[C@H]1O[C@@H](n2cc(C)c(=O)[nH]c2=O)CC1OP([O-])(=S)OC. The minimum atomic E-state index is -5.02. The predicted molar refractivity (Wildman–Crippen MR) is 435 cm³/mol. The number of aryl methyl sites for hydroxylation is 5. The zero-order valence-corrected chi connectivity index (χ0v) is 75.4. The molecule has 7 aromatic heterocycles. The summed E-state index contributed by atoms with van der Waals surface area (Å²) in [7, 11) is 1.02. The Morgan fingerprint density at radius 3 is 1.06 bits per heavy atom. The Kier molecular flexibility index (Phi) is 29.7. The van der Waals surface area contributed by atoms with E-state index in [0.29, 0.717) is 23.1 Å². The van der Waals surface area contributed by atoms with Crippen molar-refractivity contribution in [2.24, 2.45) is 0 Å². The first-order valence-electron chi connectivity index (χ1n) is 37.0. The van der Waals surface area contributed by atoms with Crippen LogP contribution in [0.1, 0.15) is 117 Å². The van der Waals surface area contributed by atoms with E-state index in [2.05, 4.69) is 39.9 Å². The summed E-state index contributed by atoms with van der Waals surface area (Å²) in [6.45, 7) is -23.9. The Hall–Kier alpha value is -5.34. The lowest BCUT2D eigenvalue weighted by atomic mass is 10.1. The first-order valence-corrected chi connectivity index (χ1v) is 52.3. The highest BCUT2D eigenvalue weighted by atomic mass is 32.7. The summed E-state index contributed by atoms with van der Waals surface area (Å²) in [5, 5.41) is 0. The van der Waals surface area contributed by atoms with Crippen molar-refractivity contribution in [2.75, 3.05) is 51.6 Å². The van der Waals surface area contributed by atoms with Crippen molar-refractivity contribution in [1.82, 2.24) is 67.3 Å². The molecule has 0 aliphatic carbocycles. The van der Waals surface area contributed by atoms with Gasteiger partial charge in [-0.05, 0) is 41.0 Å². The molecular weight excluding hydrogens is 1880 g/mol. The quantitative estimate of drug-likeness (QED) is 0.0180. The van der Waals surface area contributed by atoms with Gasteiger partial charge >= 0.3 is 28.4 Å². The van der Waals surface area contributed by atoms with E-state index >= 15 is 0 Å². The molecule has 6 aliphatic heterocycles. The summed E-state index contributed by atoms with van der Waals surface area (Å²) in [5.41, 5.74) is 5.39. The van der Waals surface area contributed by atoms with Gasteiger partial charge in [-0.15, -0.1) is 0 Å². The Balaban J connectivity index is 0.701. The number of nitrogen functional groups attached to an aromatic ring is 2. The molecule has 0 spiro atoms. The standard InChI is InChI=1S/C62H84N16O33P6S6/c1-8-32-33(9-49(100-32)78-26-67-50-52(64)65-25-66-53(50)78)107-113(89,119)95-21-41-36(12-46(103-41)75-17-29(4)55(80)70-60(75)85)109-116(92,122)98-23-43-38(14-48(105-43)77-19-31(6)57(82)72-62(77)87)111-117(93,123)99-24-42-37(13-47(104-42)76-18-30(5)56(81)71-61(76)86)110-115(91,121)97-22-40-35(11-44(102-40)73-15-27(2)51(63)68-58(73)83)108-114(90,120)96-20-39-34(106-112(88,118)94-7)10-45(101-39)74-16-28(3)54(79)69-59(74)84/h15-19,25-26,32-49H,8-14,20-24H2,1-7H3,(H,88,118)(H,89,119)(H,90,120)(H,91,121)(H,92,122)(H,93,123)(H2,63,68,83)(H2,64,65,66)(H,69,79,84)(H,70,80,85)(H,71,81,86)(H,72,82,87)/p-6/t32-,33?,34?,35?,36?,37?,38?,39-,40-,41-,42-,43-,44-,45-,46-,47-,48-,49-,112?,113?,114?,115?,116?,117?/m1/s1. The summed E-state index contributed by atoms with van der Waals surface area (Å²) in [4.78, 5) is 212. The Labute approximate surface area is 723 Å². The van der Waals surface area contributed by atoms with Crippen molar-refractivity contribution in [3.8, 4) is 0 Å². The number of ether oxygens (including phenoxy) is 6. The van der Waals surface area contributed by atoms with E-state index in [9.17, 15) is 72.2 Å². The average Bonchev–Trinajstić information content (AvgIpc) is 1.65. The molecule has 0 radical (unpaired) electrons. The zero-order valence-electron chi connectivity index (χ0n) is 65.2. The fourth-order valence-electron chi connectivity index (χ4n) is 14.1. The molecule has 13 rings (SSSR count). The van der Waals surface area contributed by atoms with E-state index in [4.69, 9.17) is 165 Å². The molecule has 0 saturated carbocycles. The van der Waals surface area contributed by atoms with Crippen molar-refractivity contribution >= 4 is 134 Å². The molecule has 6 saturated heterocycles. The van der Waals surface area contributed by atoms with Gasteiger partial charge in [0, 0.05) is 104 Å². The van der Waals surface area contributed by atoms with Crippen LogP contribution >= 0.6 is 40.4 Å². The minimum Gasteiger partial charge on any atom is -0.780 e. The molecule has 61 heteroatoms. The van der Waals surface area contributed by atoms with E-state index < -0.39 is 254 Å². The predicted octanol–water partition coefficient (Wildman–Crippen LogP) is -2.25.